The second kappa shape index (κ2) is 3.84. The predicted molar refractivity (Wildman–Crippen MR) is 45.6 cm³/mol. The van der Waals surface area contributed by atoms with Crippen molar-refractivity contribution in [3.63, 3.8) is 0 Å². The van der Waals surface area contributed by atoms with Crippen LogP contribution < -0.4 is 0 Å². The van der Waals surface area contributed by atoms with Gasteiger partial charge in [-0.3, -0.25) is 0 Å². The lowest BCUT2D eigenvalue weighted by Gasteiger charge is -2.55. The van der Waals surface area contributed by atoms with Gasteiger partial charge < -0.3 is 9.84 Å². The summed E-state index contributed by atoms with van der Waals surface area (Å²) >= 11 is 0. The van der Waals surface area contributed by atoms with Crippen LogP contribution in [0.25, 0.3) is 0 Å². The summed E-state index contributed by atoms with van der Waals surface area (Å²) < 4.78 is 92.5. The van der Waals surface area contributed by atoms with Gasteiger partial charge in [0.1, 0.15) is 0 Å². The maximum atomic E-state index is 13.1. The molecule has 0 aromatic rings. The number of alkyl halides is 7. The highest BCUT2D eigenvalue weighted by Gasteiger charge is 2.97. The van der Waals surface area contributed by atoms with Crippen molar-refractivity contribution in [2.24, 2.45) is 0 Å². The van der Waals surface area contributed by atoms with Crippen LogP contribution in [0.4, 0.5) is 30.7 Å². The van der Waals surface area contributed by atoms with E-state index in [1.165, 1.54) is 0 Å². The highest BCUT2D eigenvalue weighted by Crippen LogP contribution is 2.64. The van der Waals surface area contributed by atoms with Crippen LogP contribution in [0.15, 0.2) is 12.2 Å². The second-order valence-corrected chi connectivity index (χ2v) is 4.02. The third kappa shape index (κ3) is 1.72. The van der Waals surface area contributed by atoms with Gasteiger partial charge >= 0.3 is 24.0 Å². The number of carbonyl (C=O) groups excluding carboxylic acids is 1. The predicted octanol–water partition coefficient (Wildman–Crippen LogP) is 2.05. The van der Waals surface area contributed by atoms with E-state index in [1.54, 1.807) is 0 Å². The monoisotopic (exact) mass is 296 g/mol. The summed E-state index contributed by atoms with van der Waals surface area (Å²) in [5, 5.41) is 8.59. The van der Waals surface area contributed by atoms with E-state index >= 15 is 0 Å². The Morgan fingerprint density at radius 1 is 1.21 bits per heavy atom. The van der Waals surface area contributed by atoms with E-state index in [9.17, 15) is 35.5 Å². The number of aliphatic hydroxyl groups is 1. The van der Waals surface area contributed by atoms with Gasteiger partial charge in [0.05, 0.1) is 0 Å². The number of carbonyl (C=O) groups is 1. The summed E-state index contributed by atoms with van der Waals surface area (Å²) in [4.78, 5) is 10.8. The molecule has 0 amide bonds. The molecule has 0 heterocycles. The van der Waals surface area contributed by atoms with Crippen LogP contribution in [0.1, 0.15) is 6.92 Å². The van der Waals surface area contributed by atoms with Gasteiger partial charge in [0, 0.05) is 5.57 Å². The quantitative estimate of drug-likeness (QED) is 0.482. The van der Waals surface area contributed by atoms with E-state index < -0.39 is 41.3 Å². The molecule has 0 aromatic carbocycles. The topological polar surface area (TPSA) is 46.5 Å². The Kier molecular flexibility index (Phi) is 3.18. The Labute approximate surface area is 101 Å². The molecule has 0 aliphatic heterocycles. The largest absolute Gasteiger partial charge is 0.446 e. The molecule has 3 nitrogen and oxygen atoms in total. The van der Waals surface area contributed by atoms with E-state index in [2.05, 4.69) is 11.3 Å². The molecule has 1 fully saturated rings. The minimum atomic E-state index is -6.30. The van der Waals surface area contributed by atoms with Crippen molar-refractivity contribution in [1.82, 2.24) is 0 Å². The Morgan fingerprint density at radius 3 is 1.84 bits per heavy atom. The third-order valence-electron chi connectivity index (χ3n) is 2.61. The van der Waals surface area contributed by atoms with E-state index in [4.69, 9.17) is 5.11 Å². The summed E-state index contributed by atoms with van der Waals surface area (Å²) in [6.45, 7) is 3.82. The molecule has 1 N–H and O–H groups in total. The molecule has 0 saturated heterocycles. The molecule has 19 heavy (non-hydrogen) atoms. The van der Waals surface area contributed by atoms with Crippen molar-refractivity contribution in [2.45, 2.75) is 36.7 Å². The lowest BCUT2D eigenvalue weighted by Crippen LogP contribution is -2.87. The van der Waals surface area contributed by atoms with Crippen LogP contribution in [0.5, 0.6) is 0 Å². The lowest BCUT2D eigenvalue weighted by molar-refractivity contribution is -0.489. The Morgan fingerprint density at radius 2 is 1.58 bits per heavy atom. The SMILES string of the molecule is C=C(C)C(=O)OC1C(F)(F)C(O)(C(F)(F)F)C1(F)F. The van der Waals surface area contributed by atoms with Gasteiger partial charge in [-0.2, -0.15) is 30.7 Å². The van der Waals surface area contributed by atoms with Crippen LogP contribution in [0, 0.1) is 0 Å². The maximum absolute atomic E-state index is 13.1. The van der Waals surface area contributed by atoms with Crippen molar-refractivity contribution in [3.8, 4) is 0 Å². The van der Waals surface area contributed by atoms with Crippen molar-refractivity contribution < 1.29 is 45.4 Å². The maximum Gasteiger partial charge on any atom is 0.429 e. The molecule has 0 radical (unpaired) electrons. The average Bonchev–Trinajstić information content (AvgIpc) is 2.21. The van der Waals surface area contributed by atoms with Crippen LogP contribution >= 0.6 is 0 Å². The molecule has 0 atom stereocenters. The van der Waals surface area contributed by atoms with Gasteiger partial charge in [0.15, 0.2) is 0 Å². The first-order chi connectivity index (χ1) is 8.21. The van der Waals surface area contributed by atoms with Gasteiger partial charge in [-0.1, -0.05) is 6.58 Å². The molecule has 1 aliphatic carbocycles. The summed E-state index contributed by atoms with van der Waals surface area (Å²) in [6.07, 6.45) is -10.0. The van der Waals surface area contributed by atoms with E-state index in [0.29, 0.717) is 0 Å². The van der Waals surface area contributed by atoms with E-state index in [0.717, 1.165) is 6.92 Å². The highest BCUT2D eigenvalue weighted by atomic mass is 19.4. The fraction of sp³-hybridized carbons (Fsp3) is 0.667. The van der Waals surface area contributed by atoms with Gasteiger partial charge in [-0.05, 0) is 6.92 Å². The molecule has 0 spiro atoms. The molecule has 110 valence electrons. The van der Waals surface area contributed by atoms with Crippen LogP contribution in [-0.4, -0.2) is 40.8 Å². The lowest BCUT2D eigenvalue weighted by atomic mass is 9.68. The number of rotatable bonds is 2. The van der Waals surface area contributed by atoms with Crippen LogP contribution in [0.2, 0.25) is 0 Å². The minimum Gasteiger partial charge on any atom is -0.446 e. The standard InChI is InChI=1S/C9H7F7O3/c1-3(2)4(17)19-5-6(10,11)8(18,7(5,12)13)9(14,15)16/h5,18H,1H2,2H3. The summed E-state index contributed by atoms with van der Waals surface area (Å²) in [5.74, 6) is -12.5. The second-order valence-electron chi connectivity index (χ2n) is 4.02. The first-order valence-electron chi connectivity index (χ1n) is 4.62. The fourth-order valence-corrected chi connectivity index (χ4v) is 1.49. The molecule has 10 heteroatoms. The average molecular weight is 296 g/mol. The smallest absolute Gasteiger partial charge is 0.429 e. The fourth-order valence-electron chi connectivity index (χ4n) is 1.49. The molecule has 1 saturated carbocycles. The van der Waals surface area contributed by atoms with Gasteiger partial charge in [-0.25, -0.2) is 4.79 Å². The van der Waals surface area contributed by atoms with Crippen molar-refractivity contribution >= 4 is 5.97 Å². The van der Waals surface area contributed by atoms with Gasteiger partial charge in [-0.15, -0.1) is 0 Å². The number of hydrogen-bond acceptors (Lipinski definition) is 3. The zero-order valence-electron chi connectivity index (χ0n) is 9.19. The van der Waals surface area contributed by atoms with Crippen LogP contribution in [-0.2, 0) is 9.53 Å². The summed E-state index contributed by atoms with van der Waals surface area (Å²) in [6, 6.07) is 0. The first kappa shape index (κ1) is 15.7. The minimum absolute atomic E-state index is 0.561. The Bertz CT molecular complexity index is 410. The highest BCUT2D eigenvalue weighted by molar-refractivity contribution is 5.87. The Hall–Kier alpha value is -1.32. The zero-order chi connectivity index (χ0) is 15.4. The summed E-state index contributed by atoms with van der Waals surface area (Å²) in [7, 11) is 0. The van der Waals surface area contributed by atoms with E-state index in [-0.39, 0.29) is 0 Å². The zero-order valence-corrected chi connectivity index (χ0v) is 9.19. The molecular weight excluding hydrogens is 289 g/mol. The molecular formula is C9H7F7O3. The molecule has 0 unspecified atom stereocenters. The first-order valence-corrected chi connectivity index (χ1v) is 4.62. The third-order valence-corrected chi connectivity index (χ3v) is 2.61. The molecule has 1 aliphatic rings. The van der Waals surface area contributed by atoms with Crippen molar-refractivity contribution in [3.05, 3.63) is 12.2 Å². The number of hydrogen-bond donors (Lipinski definition) is 1. The molecule has 0 aromatic heterocycles. The Balaban J connectivity index is 3.15. The molecule has 0 bridgehead atoms. The van der Waals surface area contributed by atoms with Gasteiger partial charge in [0.2, 0.25) is 6.10 Å². The van der Waals surface area contributed by atoms with Crippen molar-refractivity contribution in [2.75, 3.05) is 0 Å². The molecule has 1 rings (SSSR count). The number of esters is 1. The van der Waals surface area contributed by atoms with E-state index in [1.807, 2.05) is 0 Å². The van der Waals surface area contributed by atoms with Crippen LogP contribution in [0.3, 0.4) is 0 Å². The van der Waals surface area contributed by atoms with Crippen molar-refractivity contribution in [1.29, 1.82) is 0 Å². The number of halogens is 7. The number of ether oxygens (including phenoxy) is 1. The van der Waals surface area contributed by atoms with Gasteiger partial charge in [0.25, 0.3) is 5.60 Å². The summed E-state index contributed by atoms with van der Waals surface area (Å²) in [5.41, 5.74) is -6.14. The normalized spacial score (nSPS) is 32.4.